The van der Waals surface area contributed by atoms with Crippen LogP contribution in [-0.4, -0.2) is 24.0 Å². The van der Waals surface area contributed by atoms with Crippen molar-refractivity contribution in [3.8, 4) is 6.07 Å². The second-order valence-corrected chi connectivity index (χ2v) is 5.69. The number of hydrogen-bond acceptors (Lipinski definition) is 2. The lowest BCUT2D eigenvalue weighted by Gasteiger charge is -2.35. The third kappa shape index (κ3) is 2.77. The van der Waals surface area contributed by atoms with Gasteiger partial charge in [0.25, 0.3) is 0 Å². The molecule has 0 amide bonds. The molecule has 2 aliphatic rings. The maximum Gasteiger partial charge on any atom is 0.0628 e. The number of rotatable bonds is 5. The van der Waals surface area contributed by atoms with Gasteiger partial charge in [0.1, 0.15) is 0 Å². The Balaban J connectivity index is 1.87. The highest BCUT2D eigenvalue weighted by Gasteiger charge is 2.44. The molecule has 0 aromatic carbocycles. The van der Waals surface area contributed by atoms with Crippen LogP contribution in [0.3, 0.4) is 0 Å². The van der Waals surface area contributed by atoms with Gasteiger partial charge in [0.05, 0.1) is 6.07 Å². The lowest BCUT2D eigenvalue weighted by molar-refractivity contribution is 0.134. The van der Waals surface area contributed by atoms with Crippen LogP contribution in [0.5, 0.6) is 0 Å². The van der Waals surface area contributed by atoms with E-state index in [9.17, 15) is 0 Å². The number of nitriles is 1. The molecule has 2 saturated carbocycles. The zero-order chi connectivity index (χ0) is 11.4. The van der Waals surface area contributed by atoms with E-state index in [0.717, 1.165) is 19.0 Å². The van der Waals surface area contributed by atoms with Crippen molar-refractivity contribution in [3.63, 3.8) is 0 Å². The standard InChI is InChI=1S/C14H24N2/c1-2-16(13-6-4-3-5-7-13)12-14(8-9-14)10-11-15/h13H,2-10,12H2,1H3. The Labute approximate surface area is 99.6 Å². The van der Waals surface area contributed by atoms with Crippen molar-refractivity contribution in [2.24, 2.45) is 5.41 Å². The Hall–Kier alpha value is -0.550. The van der Waals surface area contributed by atoms with Gasteiger partial charge in [0.2, 0.25) is 0 Å². The fraction of sp³-hybridized carbons (Fsp3) is 0.929. The summed E-state index contributed by atoms with van der Waals surface area (Å²) < 4.78 is 0. The zero-order valence-electron chi connectivity index (χ0n) is 10.5. The summed E-state index contributed by atoms with van der Waals surface area (Å²) in [7, 11) is 0. The molecule has 0 aliphatic heterocycles. The highest BCUT2D eigenvalue weighted by Crippen LogP contribution is 2.49. The van der Waals surface area contributed by atoms with Crippen LogP contribution in [0, 0.1) is 16.7 Å². The van der Waals surface area contributed by atoms with E-state index in [1.54, 1.807) is 0 Å². The van der Waals surface area contributed by atoms with Crippen LogP contribution < -0.4 is 0 Å². The van der Waals surface area contributed by atoms with E-state index < -0.39 is 0 Å². The topological polar surface area (TPSA) is 27.0 Å². The SMILES string of the molecule is CCN(CC1(CC#N)CC1)C1CCCCC1. The molecule has 0 bridgehead atoms. The highest BCUT2D eigenvalue weighted by atomic mass is 15.2. The molecule has 2 heteroatoms. The van der Waals surface area contributed by atoms with Gasteiger partial charge in [-0.1, -0.05) is 26.2 Å². The second kappa shape index (κ2) is 5.19. The monoisotopic (exact) mass is 220 g/mol. The molecular formula is C14H24N2. The van der Waals surface area contributed by atoms with E-state index in [0.29, 0.717) is 5.41 Å². The lowest BCUT2D eigenvalue weighted by Crippen LogP contribution is -2.40. The first-order chi connectivity index (χ1) is 7.79. The van der Waals surface area contributed by atoms with E-state index in [-0.39, 0.29) is 0 Å². The molecule has 0 N–H and O–H groups in total. The van der Waals surface area contributed by atoms with E-state index in [1.807, 2.05) is 0 Å². The molecule has 0 unspecified atom stereocenters. The molecule has 90 valence electrons. The Morgan fingerprint density at radius 1 is 1.25 bits per heavy atom. The molecule has 16 heavy (non-hydrogen) atoms. The summed E-state index contributed by atoms with van der Waals surface area (Å²) in [6.07, 6.45) is 10.4. The van der Waals surface area contributed by atoms with Gasteiger partial charge in [-0.15, -0.1) is 0 Å². The molecule has 0 aromatic rings. The van der Waals surface area contributed by atoms with Gasteiger partial charge in [0.15, 0.2) is 0 Å². The van der Waals surface area contributed by atoms with E-state index in [4.69, 9.17) is 5.26 Å². The average molecular weight is 220 g/mol. The first kappa shape index (κ1) is 11.9. The Kier molecular flexibility index (Phi) is 3.86. The molecular weight excluding hydrogens is 196 g/mol. The predicted molar refractivity (Wildman–Crippen MR) is 66.0 cm³/mol. The van der Waals surface area contributed by atoms with Gasteiger partial charge in [-0.05, 0) is 37.6 Å². The average Bonchev–Trinajstić information content (AvgIpc) is 3.08. The van der Waals surface area contributed by atoms with Gasteiger partial charge < -0.3 is 4.90 Å². The molecule has 2 fully saturated rings. The fourth-order valence-corrected chi connectivity index (χ4v) is 3.11. The number of hydrogen-bond donors (Lipinski definition) is 0. The molecule has 0 spiro atoms. The summed E-state index contributed by atoms with van der Waals surface area (Å²) in [5.41, 5.74) is 0.391. The summed E-state index contributed by atoms with van der Waals surface area (Å²) in [5.74, 6) is 0. The Bertz CT molecular complexity index is 256. The van der Waals surface area contributed by atoms with Crippen LogP contribution in [-0.2, 0) is 0 Å². The number of nitrogens with zero attached hydrogens (tertiary/aromatic N) is 2. The molecule has 0 atom stereocenters. The van der Waals surface area contributed by atoms with Gasteiger partial charge in [-0.3, -0.25) is 0 Å². The maximum atomic E-state index is 8.87. The van der Waals surface area contributed by atoms with Crippen LogP contribution in [0.15, 0.2) is 0 Å². The largest absolute Gasteiger partial charge is 0.300 e. The summed E-state index contributed by atoms with van der Waals surface area (Å²) in [6, 6.07) is 3.19. The van der Waals surface area contributed by atoms with Gasteiger partial charge in [-0.25, -0.2) is 0 Å². The molecule has 2 rings (SSSR count). The van der Waals surface area contributed by atoms with Crippen LogP contribution in [0.4, 0.5) is 0 Å². The highest BCUT2D eigenvalue weighted by molar-refractivity contribution is 5.01. The maximum absolute atomic E-state index is 8.87. The van der Waals surface area contributed by atoms with Gasteiger partial charge in [-0.2, -0.15) is 5.26 Å². The third-order valence-corrected chi connectivity index (χ3v) is 4.45. The molecule has 2 nitrogen and oxygen atoms in total. The van der Waals surface area contributed by atoms with Crippen molar-refractivity contribution in [1.29, 1.82) is 5.26 Å². The van der Waals surface area contributed by atoms with Crippen molar-refractivity contribution in [2.45, 2.75) is 64.3 Å². The molecule has 0 aromatic heterocycles. The smallest absolute Gasteiger partial charge is 0.0628 e. The summed E-state index contributed by atoms with van der Waals surface area (Å²) in [6.45, 7) is 4.62. The van der Waals surface area contributed by atoms with Crippen molar-refractivity contribution in [1.82, 2.24) is 4.90 Å². The first-order valence-corrected chi connectivity index (χ1v) is 6.91. The summed E-state index contributed by atoms with van der Waals surface area (Å²) in [4.78, 5) is 2.66. The van der Waals surface area contributed by atoms with E-state index >= 15 is 0 Å². The predicted octanol–water partition coefficient (Wildman–Crippen LogP) is 3.33. The van der Waals surface area contributed by atoms with Crippen molar-refractivity contribution >= 4 is 0 Å². The summed E-state index contributed by atoms with van der Waals surface area (Å²) in [5, 5.41) is 8.87. The third-order valence-electron chi connectivity index (χ3n) is 4.45. The minimum absolute atomic E-state index is 0.391. The van der Waals surface area contributed by atoms with Crippen molar-refractivity contribution in [2.75, 3.05) is 13.1 Å². The van der Waals surface area contributed by atoms with Gasteiger partial charge >= 0.3 is 0 Å². The zero-order valence-corrected chi connectivity index (χ0v) is 10.5. The molecule has 2 aliphatic carbocycles. The Morgan fingerprint density at radius 3 is 2.44 bits per heavy atom. The molecule has 0 radical (unpaired) electrons. The van der Waals surface area contributed by atoms with Crippen LogP contribution in [0.1, 0.15) is 58.3 Å². The van der Waals surface area contributed by atoms with E-state index in [1.165, 1.54) is 51.5 Å². The quantitative estimate of drug-likeness (QED) is 0.710. The van der Waals surface area contributed by atoms with Crippen molar-refractivity contribution in [3.05, 3.63) is 0 Å². The minimum atomic E-state index is 0.391. The lowest BCUT2D eigenvalue weighted by atomic mass is 9.92. The van der Waals surface area contributed by atoms with Crippen LogP contribution in [0.25, 0.3) is 0 Å². The first-order valence-electron chi connectivity index (χ1n) is 6.91. The van der Waals surface area contributed by atoms with E-state index in [2.05, 4.69) is 17.9 Å². The molecule has 0 heterocycles. The minimum Gasteiger partial charge on any atom is -0.300 e. The normalized spacial score (nSPS) is 24.3. The van der Waals surface area contributed by atoms with Gasteiger partial charge in [0, 0.05) is 19.0 Å². The fourth-order valence-electron chi connectivity index (χ4n) is 3.11. The van der Waals surface area contributed by atoms with Crippen molar-refractivity contribution < 1.29 is 0 Å². The van der Waals surface area contributed by atoms with Crippen LogP contribution >= 0.6 is 0 Å². The molecule has 0 saturated heterocycles. The van der Waals surface area contributed by atoms with Crippen LogP contribution in [0.2, 0.25) is 0 Å². The second-order valence-electron chi connectivity index (χ2n) is 5.69. The Morgan fingerprint density at radius 2 is 1.94 bits per heavy atom. The summed E-state index contributed by atoms with van der Waals surface area (Å²) >= 11 is 0.